The third-order valence-corrected chi connectivity index (χ3v) is 4.88. The van der Waals surface area contributed by atoms with E-state index in [1.165, 1.54) is 0 Å². The first kappa shape index (κ1) is 15.3. The molecule has 0 atom stereocenters. The molecule has 27 heavy (non-hydrogen) atoms. The summed E-state index contributed by atoms with van der Waals surface area (Å²) in [5.74, 6) is -0.838. The largest absolute Gasteiger partial charge is 0.399 e. The number of aromatic amines is 2. The molecule has 0 radical (unpaired) electrons. The molecular formula is C20H15N5O2. The van der Waals surface area contributed by atoms with Crippen LogP contribution in [0.3, 0.4) is 0 Å². The number of carbonyl (C=O) groups excluding carboxylic acids is 2. The average molecular weight is 357 g/mol. The van der Waals surface area contributed by atoms with E-state index in [1.54, 1.807) is 36.7 Å². The number of anilines is 2. The van der Waals surface area contributed by atoms with E-state index in [9.17, 15) is 9.59 Å². The molecule has 2 amide bonds. The number of fused-ring (bicyclic) bond motifs is 2. The van der Waals surface area contributed by atoms with Crippen molar-refractivity contribution in [2.75, 3.05) is 11.5 Å². The number of carbonyl (C=O) groups is 2. The minimum atomic E-state index is -0.419. The molecule has 0 saturated heterocycles. The number of hydrogen-bond acceptors (Lipinski definition) is 4. The molecule has 0 aliphatic carbocycles. The number of nitrogens with one attached hydrogen (secondary N) is 3. The summed E-state index contributed by atoms with van der Waals surface area (Å²) in [5, 5.41) is 4.07. The van der Waals surface area contributed by atoms with Crippen molar-refractivity contribution in [3.05, 3.63) is 59.9 Å². The van der Waals surface area contributed by atoms with Gasteiger partial charge in [-0.1, -0.05) is 12.1 Å². The molecule has 0 spiro atoms. The maximum atomic E-state index is 12.6. The molecule has 7 nitrogen and oxygen atoms in total. The Kier molecular flexibility index (Phi) is 2.97. The van der Waals surface area contributed by atoms with Crippen LogP contribution < -0.4 is 16.8 Å². The van der Waals surface area contributed by atoms with Gasteiger partial charge in [0, 0.05) is 56.7 Å². The van der Waals surface area contributed by atoms with Gasteiger partial charge in [0.25, 0.3) is 11.8 Å². The van der Waals surface area contributed by atoms with Crippen molar-refractivity contribution in [3.63, 3.8) is 0 Å². The lowest BCUT2D eigenvalue weighted by molar-refractivity contribution is -0.122. The molecule has 1 aliphatic heterocycles. The maximum Gasteiger partial charge on any atom is 0.259 e. The number of amides is 2. The summed E-state index contributed by atoms with van der Waals surface area (Å²) in [4.78, 5) is 31.5. The molecule has 0 saturated carbocycles. The van der Waals surface area contributed by atoms with Crippen molar-refractivity contribution >= 4 is 56.1 Å². The van der Waals surface area contributed by atoms with E-state index < -0.39 is 11.8 Å². The second-order valence-corrected chi connectivity index (χ2v) is 6.55. The van der Waals surface area contributed by atoms with Crippen LogP contribution >= 0.6 is 0 Å². The van der Waals surface area contributed by atoms with Crippen LogP contribution in [0.25, 0.3) is 33.0 Å². The number of benzene rings is 2. The fourth-order valence-electron chi connectivity index (χ4n) is 3.67. The fraction of sp³-hybridized carbons (Fsp3) is 0. The van der Waals surface area contributed by atoms with E-state index in [2.05, 4.69) is 15.3 Å². The zero-order valence-electron chi connectivity index (χ0n) is 14.1. The summed E-state index contributed by atoms with van der Waals surface area (Å²) >= 11 is 0. The van der Waals surface area contributed by atoms with Gasteiger partial charge in [0.2, 0.25) is 0 Å². The third kappa shape index (κ3) is 2.15. The Labute approximate surface area is 153 Å². The van der Waals surface area contributed by atoms with E-state index in [0.717, 1.165) is 21.8 Å². The molecule has 5 rings (SSSR count). The Morgan fingerprint density at radius 1 is 0.667 bits per heavy atom. The van der Waals surface area contributed by atoms with Crippen LogP contribution in [-0.2, 0) is 9.59 Å². The molecule has 0 unspecified atom stereocenters. The van der Waals surface area contributed by atoms with Gasteiger partial charge in [-0.15, -0.1) is 0 Å². The highest BCUT2D eigenvalue weighted by Gasteiger charge is 2.34. The molecule has 2 aromatic heterocycles. The lowest BCUT2D eigenvalue weighted by atomic mass is 9.95. The van der Waals surface area contributed by atoms with Gasteiger partial charge < -0.3 is 21.4 Å². The average Bonchev–Trinajstić information content (AvgIpc) is 3.29. The molecule has 2 aromatic carbocycles. The van der Waals surface area contributed by atoms with Gasteiger partial charge in [0.05, 0.1) is 11.1 Å². The first-order valence-electron chi connectivity index (χ1n) is 8.37. The van der Waals surface area contributed by atoms with Crippen molar-refractivity contribution in [1.29, 1.82) is 0 Å². The highest BCUT2D eigenvalue weighted by Crippen LogP contribution is 2.38. The number of hydrogen-bond donors (Lipinski definition) is 5. The van der Waals surface area contributed by atoms with Gasteiger partial charge in [-0.3, -0.25) is 14.9 Å². The second-order valence-electron chi connectivity index (χ2n) is 6.55. The van der Waals surface area contributed by atoms with Crippen LogP contribution in [0.15, 0.2) is 48.8 Å². The van der Waals surface area contributed by atoms with Crippen LogP contribution in [0.4, 0.5) is 11.4 Å². The van der Waals surface area contributed by atoms with Crippen molar-refractivity contribution < 1.29 is 9.59 Å². The summed E-state index contributed by atoms with van der Waals surface area (Å²) in [5.41, 5.74) is 16.5. The number of nitrogens with two attached hydrogens (primary N) is 2. The Hall–Kier alpha value is -4.00. The smallest absolute Gasteiger partial charge is 0.259 e. The second kappa shape index (κ2) is 5.25. The van der Waals surface area contributed by atoms with Gasteiger partial charge in [-0.2, -0.15) is 0 Å². The maximum absolute atomic E-state index is 12.6. The van der Waals surface area contributed by atoms with Crippen LogP contribution in [0.1, 0.15) is 11.1 Å². The van der Waals surface area contributed by atoms with Crippen molar-refractivity contribution in [2.45, 2.75) is 0 Å². The summed E-state index contributed by atoms with van der Waals surface area (Å²) in [6.07, 6.45) is 3.45. The Morgan fingerprint density at radius 2 is 1.11 bits per heavy atom. The minimum absolute atomic E-state index is 0.341. The van der Waals surface area contributed by atoms with Crippen LogP contribution in [0.5, 0.6) is 0 Å². The van der Waals surface area contributed by atoms with Gasteiger partial charge in [-0.05, 0) is 24.3 Å². The van der Waals surface area contributed by atoms with Crippen LogP contribution in [-0.4, -0.2) is 21.8 Å². The number of aromatic nitrogens is 2. The number of nitrogen functional groups attached to an aromatic ring is 2. The lowest BCUT2D eigenvalue weighted by Crippen LogP contribution is -2.22. The Bertz CT molecular complexity index is 1210. The predicted octanol–water partition coefficient (Wildman–Crippen LogP) is 2.38. The fourth-order valence-corrected chi connectivity index (χ4v) is 3.67. The Balaban J connectivity index is 1.82. The molecular weight excluding hydrogens is 342 g/mol. The summed E-state index contributed by atoms with van der Waals surface area (Å²) in [6, 6.07) is 10.8. The zero-order valence-corrected chi connectivity index (χ0v) is 14.1. The third-order valence-electron chi connectivity index (χ3n) is 4.88. The van der Waals surface area contributed by atoms with Crippen molar-refractivity contribution in [3.8, 4) is 0 Å². The van der Waals surface area contributed by atoms with E-state index in [1.807, 2.05) is 12.1 Å². The highest BCUT2D eigenvalue weighted by atomic mass is 16.2. The predicted molar refractivity (Wildman–Crippen MR) is 105 cm³/mol. The molecule has 4 aromatic rings. The summed E-state index contributed by atoms with van der Waals surface area (Å²) in [6.45, 7) is 0. The lowest BCUT2D eigenvalue weighted by Gasteiger charge is -2.03. The summed E-state index contributed by atoms with van der Waals surface area (Å²) in [7, 11) is 0. The topological polar surface area (TPSA) is 130 Å². The van der Waals surface area contributed by atoms with Gasteiger partial charge >= 0.3 is 0 Å². The number of imide groups is 1. The number of rotatable bonds is 2. The molecule has 0 bridgehead atoms. The van der Waals surface area contributed by atoms with Crippen molar-refractivity contribution in [1.82, 2.24) is 15.3 Å². The van der Waals surface area contributed by atoms with E-state index in [4.69, 9.17) is 11.5 Å². The normalized spacial score (nSPS) is 14.5. The van der Waals surface area contributed by atoms with Crippen molar-refractivity contribution in [2.24, 2.45) is 0 Å². The van der Waals surface area contributed by atoms with E-state index in [-0.39, 0.29) is 0 Å². The first-order valence-corrected chi connectivity index (χ1v) is 8.37. The van der Waals surface area contributed by atoms with Crippen LogP contribution in [0, 0.1) is 0 Å². The van der Waals surface area contributed by atoms with E-state index >= 15 is 0 Å². The van der Waals surface area contributed by atoms with E-state index in [0.29, 0.717) is 33.6 Å². The highest BCUT2D eigenvalue weighted by molar-refractivity contribution is 6.50. The van der Waals surface area contributed by atoms with Gasteiger partial charge in [0.15, 0.2) is 0 Å². The van der Waals surface area contributed by atoms with Gasteiger partial charge in [-0.25, -0.2) is 0 Å². The first-order chi connectivity index (χ1) is 13.0. The quantitative estimate of drug-likeness (QED) is 0.278. The minimum Gasteiger partial charge on any atom is -0.399 e. The monoisotopic (exact) mass is 357 g/mol. The zero-order chi connectivity index (χ0) is 18.7. The molecule has 132 valence electrons. The SMILES string of the molecule is Nc1ccc2c(C3=C(c4c[nH]c5cc(N)ccc45)C(=O)NC3=O)c[nH]c2c1. The number of H-pyrrole nitrogens is 2. The molecule has 1 aliphatic rings. The van der Waals surface area contributed by atoms with Gasteiger partial charge in [0.1, 0.15) is 0 Å². The molecule has 7 heteroatoms. The standard InChI is InChI=1S/C20H15N5O2/c21-9-1-3-11-13(7-23-15(11)5-9)17-18(20(27)25-19(17)26)14-8-24-16-6-10(22)2-4-12(14)16/h1-8,23-24H,21-22H2,(H,25,26,27). The molecule has 7 N–H and O–H groups in total. The Morgan fingerprint density at radius 3 is 1.56 bits per heavy atom. The summed E-state index contributed by atoms with van der Waals surface area (Å²) < 4.78 is 0. The molecule has 3 heterocycles. The molecule has 0 fully saturated rings. The van der Waals surface area contributed by atoms with Crippen LogP contribution in [0.2, 0.25) is 0 Å².